The van der Waals surface area contributed by atoms with Crippen LogP contribution in [0.5, 0.6) is 0 Å². The molecular formula is C9H16N2O. The van der Waals surface area contributed by atoms with Crippen LogP contribution in [0.4, 0.5) is 0 Å². The van der Waals surface area contributed by atoms with Crippen LogP contribution in [0.1, 0.15) is 26.2 Å². The zero-order valence-corrected chi connectivity index (χ0v) is 7.47. The molecule has 0 radical (unpaired) electrons. The maximum atomic E-state index is 10.4. The Labute approximate surface area is 73.7 Å². The van der Waals surface area contributed by atoms with Crippen molar-refractivity contribution in [1.82, 2.24) is 5.32 Å². The van der Waals surface area contributed by atoms with Gasteiger partial charge in [0.05, 0.1) is 6.04 Å². The van der Waals surface area contributed by atoms with Gasteiger partial charge in [0.1, 0.15) is 0 Å². The summed E-state index contributed by atoms with van der Waals surface area (Å²) in [5, 5.41) is 3.06. The quantitative estimate of drug-likeness (QED) is 0.559. The fourth-order valence-corrected chi connectivity index (χ4v) is 0.903. The van der Waals surface area contributed by atoms with Gasteiger partial charge in [-0.05, 0) is 6.42 Å². The van der Waals surface area contributed by atoms with Crippen LogP contribution >= 0.6 is 0 Å². The molecule has 0 bridgehead atoms. The largest absolute Gasteiger partial charge is 0.370 e. The van der Waals surface area contributed by atoms with E-state index in [1.807, 2.05) is 0 Å². The standard InChI is InChI=1S/C9H16N2O/c1-3-5-8(4-2)11-7-6-9(10)12/h2,8,11H,3,5-7H2,1H3,(H2,10,12). The summed E-state index contributed by atoms with van der Waals surface area (Å²) in [6.07, 6.45) is 7.58. The Morgan fingerprint density at radius 1 is 1.75 bits per heavy atom. The predicted molar refractivity (Wildman–Crippen MR) is 49.3 cm³/mol. The first-order chi connectivity index (χ1) is 5.70. The molecule has 0 aliphatic heterocycles. The number of amides is 1. The Balaban J connectivity index is 3.46. The molecule has 3 heteroatoms. The van der Waals surface area contributed by atoms with Crippen LogP contribution in [0.2, 0.25) is 0 Å². The van der Waals surface area contributed by atoms with Crippen molar-refractivity contribution >= 4 is 5.91 Å². The van der Waals surface area contributed by atoms with Crippen LogP contribution in [-0.4, -0.2) is 18.5 Å². The molecule has 0 aromatic carbocycles. The maximum Gasteiger partial charge on any atom is 0.218 e. The summed E-state index contributed by atoms with van der Waals surface area (Å²) < 4.78 is 0. The molecule has 0 aliphatic carbocycles. The van der Waals surface area contributed by atoms with Crippen molar-refractivity contribution in [2.75, 3.05) is 6.54 Å². The molecular weight excluding hydrogens is 152 g/mol. The highest BCUT2D eigenvalue weighted by molar-refractivity contribution is 5.73. The second-order valence-electron chi connectivity index (χ2n) is 2.68. The molecule has 0 aliphatic rings. The molecule has 1 unspecified atom stereocenters. The van der Waals surface area contributed by atoms with E-state index in [-0.39, 0.29) is 11.9 Å². The van der Waals surface area contributed by atoms with Gasteiger partial charge in [-0.2, -0.15) is 0 Å². The lowest BCUT2D eigenvalue weighted by Gasteiger charge is -2.10. The van der Waals surface area contributed by atoms with E-state index in [2.05, 4.69) is 18.2 Å². The van der Waals surface area contributed by atoms with E-state index >= 15 is 0 Å². The molecule has 0 heterocycles. The molecule has 1 atom stereocenters. The second-order valence-corrected chi connectivity index (χ2v) is 2.68. The first-order valence-corrected chi connectivity index (χ1v) is 4.18. The van der Waals surface area contributed by atoms with Crippen molar-refractivity contribution < 1.29 is 4.79 Å². The monoisotopic (exact) mass is 168 g/mol. The van der Waals surface area contributed by atoms with Crippen molar-refractivity contribution in [1.29, 1.82) is 0 Å². The number of nitrogens with one attached hydrogen (secondary N) is 1. The van der Waals surface area contributed by atoms with Gasteiger partial charge in [-0.15, -0.1) is 6.42 Å². The first kappa shape index (κ1) is 11.0. The Kier molecular flexibility index (Phi) is 6.12. The summed E-state index contributed by atoms with van der Waals surface area (Å²) in [5.41, 5.74) is 4.96. The molecule has 1 amide bonds. The van der Waals surface area contributed by atoms with Crippen molar-refractivity contribution in [2.45, 2.75) is 32.2 Å². The van der Waals surface area contributed by atoms with E-state index < -0.39 is 0 Å². The lowest BCUT2D eigenvalue weighted by molar-refractivity contribution is -0.117. The normalized spacial score (nSPS) is 12.0. The highest BCUT2D eigenvalue weighted by Gasteiger charge is 2.02. The molecule has 0 spiro atoms. The minimum Gasteiger partial charge on any atom is -0.370 e. The number of nitrogens with two attached hydrogens (primary N) is 1. The molecule has 68 valence electrons. The highest BCUT2D eigenvalue weighted by Crippen LogP contribution is 1.94. The summed E-state index contributed by atoms with van der Waals surface area (Å²) in [5.74, 6) is 2.32. The van der Waals surface area contributed by atoms with Crippen molar-refractivity contribution in [3.05, 3.63) is 0 Å². The van der Waals surface area contributed by atoms with Crippen molar-refractivity contribution in [2.24, 2.45) is 5.73 Å². The third-order valence-corrected chi connectivity index (χ3v) is 1.54. The minimum atomic E-state index is -0.297. The molecule has 3 N–H and O–H groups in total. The summed E-state index contributed by atoms with van der Waals surface area (Å²) in [7, 11) is 0. The van der Waals surface area contributed by atoms with E-state index in [4.69, 9.17) is 12.2 Å². The van der Waals surface area contributed by atoms with Crippen LogP contribution in [0.3, 0.4) is 0 Å². The third kappa shape index (κ3) is 5.75. The topological polar surface area (TPSA) is 55.1 Å². The summed E-state index contributed by atoms with van der Waals surface area (Å²) in [4.78, 5) is 10.4. The van der Waals surface area contributed by atoms with Gasteiger partial charge in [0, 0.05) is 13.0 Å². The van der Waals surface area contributed by atoms with E-state index in [1.165, 1.54) is 0 Å². The van der Waals surface area contributed by atoms with E-state index in [0.717, 1.165) is 12.8 Å². The SMILES string of the molecule is C#CC(CCC)NCCC(N)=O. The maximum absolute atomic E-state index is 10.4. The summed E-state index contributed by atoms with van der Waals surface area (Å²) >= 11 is 0. The fourth-order valence-electron chi connectivity index (χ4n) is 0.903. The fraction of sp³-hybridized carbons (Fsp3) is 0.667. The number of primary amides is 1. The predicted octanol–water partition coefficient (Wildman–Crippen LogP) is 0.253. The van der Waals surface area contributed by atoms with Gasteiger partial charge < -0.3 is 11.1 Å². The van der Waals surface area contributed by atoms with Crippen molar-refractivity contribution in [3.8, 4) is 12.3 Å². The van der Waals surface area contributed by atoms with E-state index in [9.17, 15) is 4.79 Å². The van der Waals surface area contributed by atoms with E-state index in [1.54, 1.807) is 0 Å². The van der Waals surface area contributed by atoms with E-state index in [0.29, 0.717) is 13.0 Å². The molecule has 0 rings (SSSR count). The van der Waals surface area contributed by atoms with Gasteiger partial charge in [-0.25, -0.2) is 0 Å². The minimum absolute atomic E-state index is 0.0781. The smallest absolute Gasteiger partial charge is 0.218 e. The first-order valence-electron chi connectivity index (χ1n) is 4.18. The van der Waals surface area contributed by atoms with Gasteiger partial charge in [0.25, 0.3) is 0 Å². The van der Waals surface area contributed by atoms with Gasteiger partial charge in [-0.1, -0.05) is 19.3 Å². The summed E-state index contributed by atoms with van der Waals surface area (Å²) in [6, 6.07) is 0.0781. The van der Waals surface area contributed by atoms with Crippen LogP contribution in [0.15, 0.2) is 0 Å². The second kappa shape index (κ2) is 6.68. The molecule has 0 aromatic rings. The molecule has 0 fully saturated rings. The van der Waals surface area contributed by atoms with Crippen LogP contribution in [0.25, 0.3) is 0 Å². The van der Waals surface area contributed by atoms with Gasteiger partial charge in [0.15, 0.2) is 0 Å². The molecule has 3 nitrogen and oxygen atoms in total. The van der Waals surface area contributed by atoms with Crippen LogP contribution in [-0.2, 0) is 4.79 Å². The molecule has 0 saturated carbocycles. The number of hydrogen-bond donors (Lipinski definition) is 2. The van der Waals surface area contributed by atoms with Gasteiger partial charge in [-0.3, -0.25) is 4.79 Å². The van der Waals surface area contributed by atoms with Crippen molar-refractivity contribution in [3.63, 3.8) is 0 Å². The zero-order valence-electron chi connectivity index (χ0n) is 7.47. The van der Waals surface area contributed by atoms with Gasteiger partial charge >= 0.3 is 0 Å². The van der Waals surface area contributed by atoms with Crippen LogP contribution in [0, 0.1) is 12.3 Å². The van der Waals surface area contributed by atoms with Gasteiger partial charge in [0.2, 0.25) is 5.91 Å². The number of terminal acetylenes is 1. The lowest BCUT2D eigenvalue weighted by atomic mass is 10.2. The Morgan fingerprint density at radius 3 is 2.83 bits per heavy atom. The highest BCUT2D eigenvalue weighted by atomic mass is 16.1. The lowest BCUT2D eigenvalue weighted by Crippen LogP contribution is -2.30. The average Bonchev–Trinajstić information content (AvgIpc) is 2.02. The molecule has 0 saturated heterocycles. The average molecular weight is 168 g/mol. The third-order valence-electron chi connectivity index (χ3n) is 1.54. The molecule has 12 heavy (non-hydrogen) atoms. The van der Waals surface area contributed by atoms with Crippen LogP contribution < -0.4 is 11.1 Å². The number of carbonyl (C=O) groups excluding carboxylic acids is 1. The Hall–Kier alpha value is -1.01. The number of carbonyl (C=O) groups is 1. The Bertz CT molecular complexity index is 172. The zero-order chi connectivity index (χ0) is 9.40. The summed E-state index contributed by atoms with van der Waals surface area (Å²) in [6.45, 7) is 2.64. The Morgan fingerprint density at radius 2 is 2.42 bits per heavy atom. The molecule has 0 aromatic heterocycles. The number of hydrogen-bond acceptors (Lipinski definition) is 2. The number of rotatable bonds is 6.